The Morgan fingerprint density at radius 2 is 1.78 bits per heavy atom. The van der Waals surface area contributed by atoms with Crippen LogP contribution in [0.25, 0.3) is 0 Å². The third-order valence-electron chi connectivity index (χ3n) is 5.53. The normalized spacial score (nSPS) is 20.3. The van der Waals surface area contributed by atoms with Gasteiger partial charge in [0.05, 0.1) is 11.4 Å². The van der Waals surface area contributed by atoms with E-state index in [1.807, 2.05) is 18.2 Å². The number of para-hydroxylation sites is 1. The van der Waals surface area contributed by atoms with E-state index in [9.17, 15) is 8.42 Å². The maximum absolute atomic E-state index is 12.1. The molecule has 0 saturated carbocycles. The maximum atomic E-state index is 12.1. The van der Waals surface area contributed by atoms with Crippen LogP contribution in [0.5, 0.6) is 0 Å². The van der Waals surface area contributed by atoms with E-state index in [2.05, 4.69) is 23.5 Å². The van der Waals surface area contributed by atoms with Crippen molar-refractivity contribution in [3.8, 4) is 0 Å². The number of ether oxygens (including phenoxy) is 1. The molecule has 2 aliphatic heterocycles. The molecule has 1 saturated heterocycles. The van der Waals surface area contributed by atoms with E-state index in [4.69, 9.17) is 9.73 Å². The molecule has 142 valence electrons. The number of nitrogens with one attached hydrogen (secondary N) is 1. The molecular formula is C21H24N2O3S. The second-order valence-electron chi connectivity index (χ2n) is 7.40. The zero-order chi connectivity index (χ0) is 18.9. The number of benzene rings is 2. The highest BCUT2D eigenvalue weighted by Crippen LogP contribution is 2.41. The fourth-order valence-corrected chi connectivity index (χ4v) is 4.98. The van der Waals surface area contributed by atoms with E-state index in [0.29, 0.717) is 11.4 Å². The van der Waals surface area contributed by atoms with Crippen molar-refractivity contribution >= 4 is 21.4 Å². The van der Waals surface area contributed by atoms with Crippen molar-refractivity contribution < 1.29 is 13.2 Å². The Hall–Kier alpha value is -2.18. The summed E-state index contributed by atoms with van der Waals surface area (Å²) in [4.78, 5) is 5.24. The lowest BCUT2D eigenvalue weighted by atomic mass is 9.71. The lowest BCUT2D eigenvalue weighted by molar-refractivity contribution is 0.0448. The van der Waals surface area contributed by atoms with E-state index < -0.39 is 9.84 Å². The number of fused-ring (bicyclic) bond motifs is 1. The van der Waals surface area contributed by atoms with E-state index >= 15 is 0 Å². The van der Waals surface area contributed by atoms with Gasteiger partial charge in [-0.1, -0.05) is 36.4 Å². The van der Waals surface area contributed by atoms with E-state index in [1.165, 1.54) is 11.8 Å². The zero-order valence-electron chi connectivity index (χ0n) is 15.4. The molecule has 2 aromatic rings. The fourth-order valence-electron chi connectivity index (χ4n) is 4.05. The molecule has 2 aliphatic rings. The van der Waals surface area contributed by atoms with Crippen LogP contribution in [-0.4, -0.2) is 33.7 Å². The Balaban J connectivity index is 1.71. The lowest BCUT2D eigenvalue weighted by Crippen LogP contribution is -2.45. The topological polar surface area (TPSA) is 67.8 Å². The minimum atomic E-state index is -3.28. The summed E-state index contributed by atoms with van der Waals surface area (Å²) < 4.78 is 29.8. The molecule has 5 nitrogen and oxygen atoms in total. The molecule has 0 radical (unpaired) electrons. The van der Waals surface area contributed by atoms with Gasteiger partial charge in [0.2, 0.25) is 0 Å². The Morgan fingerprint density at radius 1 is 1.07 bits per heavy atom. The van der Waals surface area contributed by atoms with Crippen LogP contribution in [0.3, 0.4) is 0 Å². The van der Waals surface area contributed by atoms with Gasteiger partial charge in [0, 0.05) is 30.6 Å². The van der Waals surface area contributed by atoms with Gasteiger partial charge in [-0.2, -0.15) is 0 Å². The van der Waals surface area contributed by atoms with Crippen LogP contribution in [0.2, 0.25) is 0 Å². The van der Waals surface area contributed by atoms with Gasteiger partial charge >= 0.3 is 0 Å². The van der Waals surface area contributed by atoms with E-state index in [0.717, 1.165) is 49.6 Å². The van der Waals surface area contributed by atoms with Crippen molar-refractivity contribution in [3.05, 3.63) is 59.7 Å². The first kappa shape index (κ1) is 18.2. The average Bonchev–Trinajstić information content (AvgIpc) is 2.66. The summed E-state index contributed by atoms with van der Waals surface area (Å²) >= 11 is 0. The van der Waals surface area contributed by atoms with Crippen molar-refractivity contribution in [1.82, 2.24) is 0 Å². The van der Waals surface area contributed by atoms with Crippen LogP contribution in [0.15, 0.2) is 58.4 Å². The number of sulfone groups is 1. The molecule has 0 atom stereocenters. The quantitative estimate of drug-likeness (QED) is 0.880. The summed E-state index contributed by atoms with van der Waals surface area (Å²) in [5, 5.41) is 3.53. The van der Waals surface area contributed by atoms with Crippen LogP contribution < -0.4 is 5.32 Å². The lowest BCUT2D eigenvalue weighted by Gasteiger charge is -2.42. The van der Waals surface area contributed by atoms with Gasteiger partial charge in [0.25, 0.3) is 0 Å². The molecule has 0 aromatic heterocycles. The molecule has 2 heterocycles. The highest BCUT2D eigenvalue weighted by atomic mass is 32.2. The molecule has 0 aliphatic carbocycles. The van der Waals surface area contributed by atoms with Crippen molar-refractivity contribution in [1.29, 1.82) is 0 Å². The van der Waals surface area contributed by atoms with Gasteiger partial charge in [0.15, 0.2) is 9.84 Å². The minimum Gasteiger partial charge on any atom is -0.381 e. The molecule has 0 unspecified atom stereocenters. The van der Waals surface area contributed by atoms with Gasteiger partial charge in [-0.3, -0.25) is 4.99 Å². The highest BCUT2D eigenvalue weighted by Gasteiger charge is 2.41. The highest BCUT2D eigenvalue weighted by molar-refractivity contribution is 7.90. The number of hydrogen-bond acceptors (Lipinski definition) is 4. The molecule has 27 heavy (non-hydrogen) atoms. The predicted octanol–water partition coefficient (Wildman–Crippen LogP) is 3.45. The standard InChI is InChI=1S/C21H24N2O3S/c1-27(24,25)19-9-5-3-7-17(19)15-22-20-21(10-12-26-13-11-21)14-16-6-2-4-8-18(16)23-20/h2-9H,10-15H2,1H3,(H,22,23). The van der Waals surface area contributed by atoms with Crippen molar-refractivity contribution in [2.75, 3.05) is 24.8 Å². The van der Waals surface area contributed by atoms with Gasteiger partial charge in [-0.05, 0) is 42.5 Å². The predicted molar refractivity (Wildman–Crippen MR) is 107 cm³/mol. The second kappa shape index (κ2) is 7.09. The third-order valence-corrected chi connectivity index (χ3v) is 6.73. The molecule has 0 amide bonds. The number of hydrogen-bond donors (Lipinski definition) is 1. The van der Waals surface area contributed by atoms with Crippen molar-refractivity contribution in [2.45, 2.75) is 30.7 Å². The smallest absolute Gasteiger partial charge is 0.175 e. The molecule has 6 heteroatoms. The third kappa shape index (κ3) is 3.64. The first-order chi connectivity index (χ1) is 13.0. The molecule has 0 bridgehead atoms. The van der Waals surface area contributed by atoms with E-state index in [1.54, 1.807) is 12.1 Å². The number of nitrogens with zero attached hydrogens (tertiary/aromatic N) is 1. The van der Waals surface area contributed by atoms with Gasteiger partial charge in [-0.25, -0.2) is 8.42 Å². The number of anilines is 1. The van der Waals surface area contributed by atoms with Crippen LogP contribution in [-0.2, 0) is 27.5 Å². The Bertz CT molecular complexity index is 976. The summed E-state index contributed by atoms with van der Waals surface area (Å²) in [5.41, 5.74) is 3.06. The molecule has 4 rings (SSSR count). The Kier molecular flexibility index (Phi) is 4.78. The number of rotatable bonds is 3. The summed E-state index contributed by atoms with van der Waals surface area (Å²) in [7, 11) is -3.28. The fraction of sp³-hybridized carbons (Fsp3) is 0.381. The van der Waals surface area contributed by atoms with Crippen LogP contribution >= 0.6 is 0 Å². The Morgan fingerprint density at radius 3 is 2.56 bits per heavy atom. The summed E-state index contributed by atoms with van der Waals surface area (Å²) in [6.07, 6.45) is 4.02. The molecule has 1 spiro atoms. The summed E-state index contributed by atoms with van der Waals surface area (Å²) in [5.74, 6) is 0.952. The molecule has 1 N–H and O–H groups in total. The molecule has 2 aromatic carbocycles. The Labute approximate surface area is 160 Å². The second-order valence-corrected chi connectivity index (χ2v) is 9.38. The summed E-state index contributed by atoms with van der Waals surface area (Å²) in [6.45, 7) is 1.79. The van der Waals surface area contributed by atoms with Crippen molar-refractivity contribution in [2.24, 2.45) is 10.4 Å². The van der Waals surface area contributed by atoms with E-state index in [-0.39, 0.29) is 5.41 Å². The molecule has 1 fully saturated rings. The molecular weight excluding hydrogens is 360 g/mol. The first-order valence-electron chi connectivity index (χ1n) is 9.24. The van der Waals surface area contributed by atoms with Crippen LogP contribution in [0, 0.1) is 5.41 Å². The first-order valence-corrected chi connectivity index (χ1v) is 11.1. The van der Waals surface area contributed by atoms with Gasteiger partial charge in [-0.15, -0.1) is 0 Å². The zero-order valence-corrected chi connectivity index (χ0v) is 16.3. The van der Waals surface area contributed by atoms with Crippen LogP contribution in [0.4, 0.5) is 5.69 Å². The minimum absolute atomic E-state index is 0.0629. The number of amidine groups is 1. The monoisotopic (exact) mass is 384 g/mol. The maximum Gasteiger partial charge on any atom is 0.175 e. The largest absolute Gasteiger partial charge is 0.381 e. The average molecular weight is 385 g/mol. The number of aliphatic imine (C=N–C) groups is 1. The van der Waals surface area contributed by atoms with Gasteiger partial charge in [0.1, 0.15) is 5.84 Å². The van der Waals surface area contributed by atoms with Crippen LogP contribution in [0.1, 0.15) is 24.0 Å². The van der Waals surface area contributed by atoms with Gasteiger partial charge < -0.3 is 10.1 Å². The van der Waals surface area contributed by atoms with Crippen molar-refractivity contribution in [3.63, 3.8) is 0 Å². The summed E-state index contributed by atoms with van der Waals surface area (Å²) in [6, 6.07) is 15.4. The SMILES string of the molecule is CS(=O)(=O)c1ccccc1CN=C1Nc2ccccc2CC12CCOCC2.